The number of H-pyrrole nitrogens is 1. The van der Waals surface area contributed by atoms with Gasteiger partial charge in [0.15, 0.2) is 5.82 Å². The molecule has 0 atom stereocenters. The molecule has 1 aliphatic heterocycles. The highest BCUT2D eigenvalue weighted by atomic mass is 35.5. The predicted molar refractivity (Wildman–Crippen MR) is 99.1 cm³/mol. The Bertz CT molecular complexity index is 993. The second-order valence-corrected chi connectivity index (χ2v) is 6.37. The quantitative estimate of drug-likeness (QED) is 0.739. The fourth-order valence-corrected chi connectivity index (χ4v) is 3.08. The molecule has 3 aromatic rings. The third kappa shape index (κ3) is 3.06. The number of nitrogens with one attached hydrogen (secondary N) is 2. The van der Waals surface area contributed by atoms with Gasteiger partial charge in [-0.25, -0.2) is 9.98 Å². The summed E-state index contributed by atoms with van der Waals surface area (Å²) < 4.78 is 0. The van der Waals surface area contributed by atoms with Crippen molar-refractivity contribution in [2.75, 3.05) is 5.32 Å². The van der Waals surface area contributed by atoms with Crippen LogP contribution in [0.4, 0.5) is 11.5 Å². The molecule has 6 heteroatoms. The van der Waals surface area contributed by atoms with Crippen LogP contribution in [0.3, 0.4) is 0 Å². The molecule has 0 radical (unpaired) electrons. The zero-order chi connectivity index (χ0) is 17.4. The lowest BCUT2D eigenvalue weighted by Gasteiger charge is -2.09. The Morgan fingerprint density at radius 3 is 2.96 bits per heavy atom. The molecule has 1 amide bonds. The van der Waals surface area contributed by atoms with Crippen LogP contribution in [-0.2, 0) is 6.42 Å². The molecule has 0 unspecified atom stereocenters. The Balaban J connectivity index is 1.62. The maximum atomic E-state index is 12.2. The highest BCUT2D eigenvalue weighted by molar-refractivity contribution is 6.34. The van der Waals surface area contributed by atoms with Gasteiger partial charge in [0.25, 0.3) is 5.91 Å². The standard InChI is InChI=1S/C19H15ClN4O/c1-11-7-12-8-17(24-18(12)22-10-11)14-9-13(4-5-15(14)20)23-19(25)16-3-2-6-21-16/h2-7,9-10,21H,8H2,1H3,(H,23,25). The summed E-state index contributed by atoms with van der Waals surface area (Å²) in [6, 6.07) is 11.0. The van der Waals surface area contributed by atoms with Gasteiger partial charge in [-0.1, -0.05) is 17.7 Å². The Labute approximate surface area is 149 Å². The summed E-state index contributed by atoms with van der Waals surface area (Å²) in [5.41, 5.74) is 5.03. The average molecular weight is 351 g/mol. The van der Waals surface area contributed by atoms with Gasteiger partial charge in [0.1, 0.15) is 5.69 Å². The molecule has 25 heavy (non-hydrogen) atoms. The zero-order valence-electron chi connectivity index (χ0n) is 13.5. The molecule has 0 fully saturated rings. The second kappa shape index (κ2) is 6.18. The van der Waals surface area contributed by atoms with E-state index in [2.05, 4.69) is 26.3 Å². The number of hydrogen-bond acceptors (Lipinski definition) is 3. The minimum absolute atomic E-state index is 0.202. The van der Waals surface area contributed by atoms with Crippen molar-refractivity contribution in [1.29, 1.82) is 0 Å². The van der Waals surface area contributed by atoms with E-state index in [0.29, 0.717) is 22.8 Å². The van der Waals surface area contributed by atoms with Crippen molar-refractivity contribution in [3.05, 3.63) is 76.2 Å². The van der Waals surface area contributed by atoms with Crippen LogP contribution in [-0.4, -0.2) is 21.6 Å². The zero-order valence-corrected chi connectivity index (χ0v) is 14.3. The van der Waals surface area contributed by atoms with Gasteiger partial charge < -0.3 is 10.3 Å². The molecular weight excluding hydrogens is 336 g/mol. The van der Waals surface area contributed by atoms with Crippen molar-refractivity contribution < 1.29 is 4.79 Å². The fraction of sp³-hybridized carbons (Fsp3) is 0.105. The van der Waals surface area contributed by atoms with E-state index in [0.717, 1.165) is 28.2 Å². The van der Waals surface area contributed by atoms with Crippen LogP contribution < -0.4 is 5.32 Å². The van der Waals surface area contributed by atoms with Gasteiger partial charge >= 0.3 is 0 Å². The highest BCUT2D eigenvalue weighted by Crippen LogP contribution is 2.31. The minimum Gasteiger partial charge on any atom is -0.357 e. The fourth-order valence-electron chi connectivity index (χ4n) is 2.85. The van der Waals surface area contributed by atoms with Crippen LogP contribution in [0.5, 0.6) is 0 Å². The molecule has 3 heterocycles. The summed E-state index contributed by atoms with van der Waals surface area (Å²) in [6.45, 7) is 2.01. The van der Waals surface area contributed by atoms with Gasteiger partial charge in [-0.15, -0.1) is 0 Å². The topological polar surface area (TPSA) is 70.1 Å². The number of fused-ring (bicyclic) bond motifs is 1. The average Bonchev–Trinajstić information content (AvgIpc) is 3.25. The lowest BCUT2D eigenvalue weighted by Crippen LogP contribution is -2.13. The second-order valence-electron chi connectivity index (χ2n) is 5.96. The number of aromatic amines is 1. The third-order valence-electron chi connectivity index (χ3n) is 4.06. The van der Waals surface area contributed by atoms with Crippen molar-refractivity contribution in [3.8, 4) is 0 Å². The molecule has 2 aromatic heterocycles. The number of pyridine rings is 1. The molecule has 0 spiro atoms. The van der Waals surface area contributed by atoms with Crippen LogP contribution in [0.25, 0.3) is 0 Å². The largest absolute Gasteiger partial charge is 0.357 e. The highest BCUT2D eigenvalue weighted by Gasteiger charge is 2.20. The van der Waals surface area contributed by atoms with Crippen molar-refractivity contribution >= 4 is 34.7 Å². The Kier molecular flexibility index (Phi) is 3.86. The first-order chi connectivity index (χ1) is 12.1. The molecule has 1 aromatic carbocycles. The first-order valence-electron chi connectivity index (χ1n) is 7.88. The predicted octanol–water partition coefficient (Wildman–Crippen LogP) is 4.30. The Hall–Kier alpha value is -2.92. The third-order valence-corrected chi connectivity index (χ3v) is 4.39. The first kappa shape index (κ1) is 15.6. The number of aromatic nitrogens is 2. The lowest BCUT2D eigenvalue weighted by molar-refractivity contribution is 0.102. The summed E-state index contributed by atoms with van der Waals surface area (Å²) in [6.07, 6.45) is 4.19. The number of benzene rings is 1. The van der Waals surface area contributed by atoms with E-state index in [9.17, 15) is 4.79 Å². The van der Waals surface area contributed by atoms with E-state index in [4.69, 9.17) is 11.6 Å². The molecule has 0 saturated carbocycles. The van der Waals surface area contributed by atoms with Gasteiger partial charge in [0.2, 0.25) is 0 Å². The number of amides is 1. The molecule has 5 nitrogen and oxygen atoms in total. The monoisotopic (exact) mass is 350 g/mol. The number of hydrogen-bond donors (Lipinski definition) is 2. The van der Waals surface area contributed by atoms with Gasteiger partial charge in [0, 0.05) is 40.7 Å². The number of nitrogens with zero attached hydrogens (tertiary/aromatic N) is 2. The molecule has 124 valence electrons. The summed E-state index contributed by atoms with van der Waals surface area (Å²) in [5.74, 6) is 0.532. The molecule has 1 aliphatic rings. The van der Waals surface area contributed by atoms with Gasteiger partial charge in [-0.2, -0.15) is 0 Å². The van der Waals surface area contributed by atoms with Gasteiger partial charge in [0.05, 0.1) is 5.71 Å². The van der Waals surface area contributed by atoms with E-state index < -0.39 is 0 Å². The van der Waals surface area contributed by atoms with E-state index in [1.54, 1.807) is 36.7 Å². The van der Waals surface area contributed by atoms with E-state index >= 15 is 0 Å². The number of halogens is 1. The molecule has 0 bridgehead atoms. The number of carbonyl (C=O) groups excluding carboxylic acids is 1. The maximum Gasteiger partial charge on any atom is 0.272 e. The van der Waals surface area contributed by atoms with Crippen LogP contribution >= 0.6 is 11.6 Å². The molecule has 0 saturated heterocycles. The summed E-state index contributed by atoms with van der Waals surface area (Å²) in [5, 5.41) is 3.46. The Morgan fingerprint density at radius 1 is 1.28 bits per heavy atom. The van der Waals surface area contributed by atoms with Crippen LogP contribution in [0.2, 0.25) is 5.02 Å². The van der Waals surface area contributed by atoms with Gasteiger partial charge in [-0.05, 0) is 42.8 Å². The van der Waals surface area contributed by atoms with Crippen LogP contribution in [0.1, 0.15) is 27.2 Å². The number of anilines is 1. The van der Waals surface area contributed by atoms with Crippen molar-refractivity contribution in [3.63, 3.8) is 0 Å². The van der Waals surface area contributed by atoms with Crippen molar-refractivity contribution in [2.24, 2.45) is 4.99 Å². The summed E-state index contributed by atoms with van der Waals surface area (Å²) >= 11 is 6.37. The maximum absolute atomic E-state index is 12.2. The minimum atomic E-state index is -0.202. The van der Waals surface area contributed by atoms with Crippen molar-refractivity contribution in [1.82, 2.24) is 9.97 Å². The smallest absolute Gasteiger partial charge is 0.272 e. The lowest BCUT2D eigenvalue weighted by atomic mass is 10.0. The SMILES string of the molecule is Cc1cnc2c(c1)CC(c1cc(NC(=O)c3ccc[nH]3)ccc1Cl)=N2. The number of carbonyl (C=O) groups is 1. The molecular formula is C19H15ClN4O. The van der Waals surface area contributed by atoms with E-state index in [-0.39, 0.29) is 5.91 Å². The van der Waals surface area contributed by atoms with Crippen LogP contribution in [0.15, 0.2) is 53.8 Å². The number of rotatable bonds is 3. The summed E-state index contributed by atoms with van der Waals surface area (Å²) in [7, 11) is 0. The molecule has 0 aliphatic carbocycles. The Morgan fingerprint density at radius 2 is 2.16 bits per heavy atom. The van der Waals surface area contributed by atoms with E-state index in [1.165, 1.54) is 0 Å². The normalized spacial score (nSPS) is 12.6. The number of aliphatic imine (C=N–C) groups is 1. The number of aryl methyl sites for hydroxylation is 1. The van der Waals surface area contributed by atoms with E-state index in [1.807, 2.05) is 13.0 Å². The summed E-state index contributed by atoms with van der Waals surface area (Å²) in [4.78, 5) is 24.0. The molecule has 4 rings (SSSR count). The molecule has 2 N–H and O–H groups in total. The van der Waals surface area contributed by atoms with Crippen LogP contribution in [0, 0.1) is 6.92 Å². The van der Waals surface area contributed by atoms with Gasteiger partial charge in [-0.3, -0.25) is 4.79 Å². The van der Waals surface area contributed by atoms with Crippen molar-refractivity contribution in [2.45, 2.75) is 13.3 Å². The first-order valence-corrected chi connectivity index (χ1v) is 8.26.